The number of benzene rings is 1. The normalized spacial score (nSPS) is 12.7. The van der Waals surface area contributed by atoms with Crippen LogP contribution in [0.2, 0.25) is 0 Å². The van der Waals surface area contributed by atoms with E-state index in [1.54, 1.807) is 12.1 Å². The summed E-state index contributed by atoms with van der Waals surface area (Å²) >= 11 is 5.11. The highest BCUT2D eigenvalue weighted by atomic mass is 79.9. The van der Waals surface area contributed by atoms with Gasteiger partial charge in [0.15, 0.2) is 0 Å². The molecule has 0 saturated heterocycles. The van der Waals surface area contributed by atoms with Gasteiger partial charge in [-0.3, -0.25) is 0 Å². The maximum atomic E-state index is 13.3. The summed E-state index contributed by atoms with van der Waals surface area (Å²) in [6.07, 6.45) is 1.15. The zero-order chi connectivity index (χ0) is 12.7. The number of halogens is 2. The monoisotopic (exact) mass is 319 g/mol. The van der Waals surface area contributed by atoms with Crippen molar-refractivity contribution in [2.24, 2.45) is 0 Å². The van der Waals surface area contributed by atoms with Crippen LogP contribution in [0.1, 0.15) is 25.8 Å². The molecule has 1 aromatic carbocycles. The lowest BCUT2D eigenvalue weighted by molar-refractivity contribution is 0.534. The largest absolute Gasteiger partial charge is 0.310 e. The van der Waals surface area contributed by atoms with Crippen LogP contribution in [-0.2, 0) is 6.54 Å². The lowest BCUT2D eigenvalue weighted by Crippen LogP contribution is -2.26. The van der Waals surface area contributed by atoms with Gasteiger partial charge < -0.3 is 5.32 Å². The van der Waals surface area contributed by atoms with Gasteiger partial charge in [-0.15, -0.1) is 0 Å². The molecule has 1 aromatic rings. The first-order chi connectivity index (χ1) is 8.13. The molecular weight excluding hydrogens is 301 g/mol. The van der Waals surface area contributed by atoms with Crippen molar-refractivity contribution in [1.29, 1.82) is 0 Å². The number of hydrogen-bond acceptors (Lipinski definition) is 2. The predicted octanol–water partition coefficient (Wildman–Crippen LogP) is 4.21. The molecule has 17 heavy (non-hydrogen) atoms. The van der Waals surface area contributed by atoms with Crippen molar-refractivity contribution in [3.05, 3.63) is 34.1 Å². The van der Waals surface area contributed by atoms with E-state index in [-0.39, 0.29) is 5.82 Å². The lowest BCUT2D eigenvalue weighted by atomic mass is 10.2. The Bertz CT molecular complexity index is 346. The molecule has 0 bridgehead atoms. The van der Waals surface area contributed by atoms with Gasteiger partial charge in [-0.25, -0.2) is 4.39 Å². The Morgan fingerprint density at radius 1 is 1.47 bits per heavy atom. The van der Waals surface area contributed by atoms with E-state index in [1.165, 1.54) is 11.5 Å². The second-order valence-corrected chi connectivity index (χ2v) is 6.26. The third-order valence-corrected chi connectivity index (χ3v) is 4.11. The lowest BCUT2D eigenvalue weighted by Gasteiger charge is -2.13. The molecule has 1 N–H and O–H groups in total. The minimum absolute atomic E-state index is 0.196. The highest BCUT2D eigenvalue weighted by molar-refractivity contribution is 9.10. The minimum Gasteiger partial charge on any atom is -0.310 e. The van der Waals surface area contributed by atoms with Crippen LogP contribution in [0.5, 0.6) is 0 Å². The van der Waals surface area contributed by atoms with Crippen LogP contribution in [0.4, 0.5) is 4.39 Å². The summed E-state index contributed by atoms with van der Waals surface area (Å²) in [5, 5.41) is 3.41. The molecule has 0 aromatic heterocycles. The SMILES string of the molecule is CCSCCC(C)NCc1ccc(Br)c(F)c1. The van der Waals surface area contributed by atoms with Gasteiger partial charge in [-0.1, -0.05) is 13.0 Å². The third-order valence-electron chi connectivity index (χ3n) is 2.54. The van der Waals surface area contributed by atoms with Crippen molar-refractivity contribution in [3.63, 3.8) is 0 Å². The molecule has 0 heterocycles. The van der Waals surface area contributed by atoms with E-state index in [4.69, 9.17) is 0 Å². The van der Waals surface area contributed by atoms with Gasteiger partial charge in [0.1, 0.15) is 5.82 Å². The summed E-state index contributed by atoms with van der Waals surface area (Å²) < 4.78 is 13.8. The number of rotatable bonds is 7. The van der Waals surface area contributed by atoms with E-state index < -0.39 is 0 Å². The molecule has 0 fully saturated rings. The van der Waals surface area contributed by atoms with Gasteiger partial charge in [0, 0.05) is 12.6 Å². The fourth-order valence-corrected chi connectivity index (χ4v) is 2.50. The van der Waals surface area contributed by atoms with Gasteiger partial charge >= 0.3 is 0 Å². The molecule has 0 spiro atoms. The van der Waals surface area contributed by atoms with Crippen LogP contribution in [0, 0.1) is 5.82 Å². The first-order valence-corrected chi connectivity index (χ1v) is 7.83. The van der Waals surface area contributed by atoms with Crippen LogP contribution < -0.4 is 5.32 Å². The van der Waals surface area contributed by atoms with E-state index in [2.05, 4.69) is 35.1 Å². The molecule has 1 rings (SSSR count). The summed E-state index contributed by atoms with van der Waals surface area (Å²) in [5.74, 6) is 2.16. The summed E-state index contributed by atoms with van der Waals surface area (Å²) in [5.41, 5.74) is 0.987. The van der Waals surface area contributed by atoms with Crippen molar-refractivity contribution in [2.75, 3.05) is 11.5 Å². The third kappa shape index (κ3) is 5.89. The number of thioether (sulfide) groups is 1. The van der Waals surface area contributed by atoms with Gasteiger partial charge in [0.25, 0.3) is 0 Å². The quantitative estimate of drug-likeness (QED) is 0.755. The van der Waals surface area contributed by atoms with Crippen molar-refractivity contribution < 1.29 is 4.39 Å². The molecular formula is C13H19BrFNS. The predicted molar refractivity (Wildman–Crippen MR) is 78.0 cm³/mol. The Kier molecular flexibility index (Phi) is 7.16. The van der Waals surface area contributed by atoms with Crippen LogP contribution in [0.3, 0.4) is 0 Å². The standard InChI is InChI=1S/C13H19BrFNS/c1-3-17-7-6-10(2)16-9-11-4-5-12(14)13(15)8-11/h4-5,8,10,16H,3,6-7,9H2,1-2H3. The average Bonchev–Trinajstić information content (AvgIpc) is 2.31. The highest BCUT2D eigenvalue weighted by Crippen LogP contribution is 2.16. The number of nitrogens with one attached hydrogen (secondary N) is 1. The van der Waals surface area contributed by atoms with Gasteiger partial charge in [-0.2, -0.15) is 11.8 Å². The first-order valence-electron chi connectivity index (χ1n) is 5.88. The zero-order valence-electron chi connectivity index (χ0n) is 10.3. The average molecular weight is 320 g/mol. The van der Waals surface area contributed by atoms with E-state index >= 15 is 0 Å². The molecule has 0 aliphatic heterocycles. The second-order valence-electron chi connectivity index (χ2n) is 4.02. The van der Waals surface area contributed by atoms with Crippen molar-refractivity contribution in [3.8, 4) is 0 Å². The van der Waals surface area contributed by atoms with Crippen molar-refractivity contribution >= 4 is 27.7 Å². The van der Waals surface area contributed by atoms with E-state index in [1.807, 2.05) is 17.8 Å². The topological polar surface area (TPSA) is 12.0 Å². The van der Waals surface area contributed by atoms with Gasteiger partial charge in [0.2, 0.25) is 0 Å². The Hall–Kier alpha value is -0.0600. The van der Waals surface area contributed by atoms with Crippen LogP contribution in [0.25, 0.3) is 0 Å². The highest BCUT2D eigenvalue weighted by Gasteiger charge is 2.03. The van der Waals surface area contributed by atoms with Crippen molar-refractivity contribution in [2.45, 2.75) is 32.9 Å². The molecule has 0 aliphatic carbocycles. The second kappa shape index (κ2) is 8.11. The Labute approximate surface area is 116 Å². The summed E-state index contributed by atoms with van der Waals surface area (Å²) in [6, 6.07) is 5.74. The van der Waals surface area contributed by atoms with Crippen LogP contribution >= 0.6 is 27.7 Å². The molecule has 1 unspecified atom stereocenters. The molecule has 0 saturated carbocycles. The van der Waals surface area contributed by atoms with Crippen LogP contribution in [0.15, 0.2) is 22.7 Å². The van der Waals surface area contributed by atoms with Crippen molar-refractivity contribution in [1.82, 2.24) is 5.32 Å². The van der Waals surface area contributed by atoms with Crippen LogP contribution in [-0.4, -0.2) is 17.5 Å². The maximum absolute atomic E-state index is 13.3. The Morgan fingerprint density at radius 2 is 2.24 bits per heavy atom. The molecule has 0 aliphatic rings. The van der Waals surface area contributed by atoms with E-state index in [0.29, 0.717) is 10.5 Å². The zero-order valence-corrected chi connectivity index (χ0v) is 12.7. The fraction of sp³-hybridized carbons (Fsp3) is 0.538. The molecule has 0 amide bonds. The Morgan fingerprint density at radius 3 is 2.88 bits per heavy atom. The number of hydrogen-bond donors (Lipinski definition) is 1. The maximum Gasteiger partial charge on any atom is 0.137 e. The van der Waals surface area contributed by atoms with E-state index in [9.17, 15) is 4.39 Å². The minimum atomic E-state index is -0.196. The fourth-order valence-electron chi connectivity index (χ4n) is 1.45. The van der Waals surface area contributed by atoms with Gasteiger partial charge in [-0.05, 0) is 58.5 Å². The smallest absolute Gasteiger partial charge is 0.137 e. The first kappa shape index (κ1) is 15.0. The molecule has 1 atom stereocenters. The molecule has 4 heteroatoms. The molecule has 0 radical (unpaired) electrons. The summed E-state index contributed by atoms with van der Waals surface area (Å²) in [6.45, 7) is 5.07. The van der Waals surface area contributed by atoms with Gasteiger partial charge in [0.05, 0.1) is 4.47 Å². The molecule has 1 nitrogen and oxygen atoms in total. The Balaban J connectivity index is 2.31. The summed E-state index contributed by atoms with van der Waals surface area (Å²) in [4.78, 5) is 0. The summed E-state index contributed by atoms with van der Waals surface area (Å²) in [7, 11) is 0. The molecule has 96 valence electrons. The van der Waals surface area contributed by atoms with E-state index in [0.717, 1.165) is 18.5 Å².